The van der Waals surface area contributed by atoms with Crippen molar-refractivity contribution < 1.29 is 9.72 Å². The number of rotatable bonds is 3. The van der Waals surface area contributed by atoms with Gasteiger partial charge in [0.05, 0.1) is 10.5 Å². The number of amides is 1. The lowest BCUT2D eigenvalue weighted by molar-refractivity contribution is -0.384. The van der Waals surface area contributed by atoms with Crippen molar-refractivity contribution in [3.05, 3.63) is 62.9 Å². The topological polar surface area (TPSA) is 85.1 Å². The van der Waals surface area contributed by atoms with Gasteiger partial charge in [0, 0.05) is 12.3 Å². The van der Waals surface area contributed by atoms with E-state index in [1.54, 1.807) is 13.0 Å². The first-order chi connectivity index (χ1) is 9.47. The smallest absolute Gasteiger partial charge is 0.293 e. The molecule has 1 aromatic carbocycles. The summed E-state index contributed by atoms with van der Waals surface area (Å²) in [6.45, 7) is 1.74. The number of pyridine rings is 1. The molecule has 0 saturated heterocycles. The summed E-state index contributed by atoms with van der Waals surface area (Å²) in [7, 11) is 0. The van der Waals surface area contributed by atoms with Gasteiger partial charge in [-0.3, -0.25) is 14.9 Å². The maximum Gasteiger partial charge on any atom is 0.293 e. The van der Waals surface area contributed by atoms with Gasteiger partial charge in [-0.2, -0.15) is 0 Å². The Morgan fingerprint density at radius 1 is 1.35 bits per heavy atom. The average molecular weight is 292 g/mol. The molecule has 0 aliphatic rings. The summed E-state index contributed by atoms with van der Waals surface area (Å²) in [5.74, 6) is -0.485. The van der Waals surface area contributed by atoms with Crippen LogP contribution in [0.4, 0.5) is 11.4 Å². The number of aryl methyl sites for hydroxylation is 1. The van der Waals surface area contributed by atoms with Gasteiger partial charge in [0.1, 0.15) is 10.8 Å². The minimum atomic E-state index is -0.539. The number of benzene rings is 1. The van der Waals surface area contributed by atoms with E-state index in [1.807, 2.05) is 0 Å². The molecule has 0 aliphatic heterocycles. The van der Waals surface area contributed by atoms with E-state index < -0.39 is 10.8 Å². The van der Waals surface area contributed by atoms with Gasteiger partial charge in [-0.1, -0.05) is 17.7 Å². The van der Waals surface area contributed by atoms with Crippen LogP contribution in [0.2, 0.25) is 5.15 Å². The van der Waals surface area contributed by atoms with Crippen LogP contribution in [0.5, 0.6) is 0 Å². The highest BCUT2D eigenvalue weighted by Crippen LogP contribution is 2.25. The molecule has 1 heterocycles. The van der Waals surface area contributed by atoms with Crippen molar-refractivity contribution in [3.8, 4) is 0 Å². The summed E-state index contributed by atoms with van der Waals surface area (Å²) in [5.41, 5.74) is 0.993. The molecule has 6 nitrogen and oxygen atoms in total. The zero-order valence-electron chi connectivity index (χ0n) is 10.5. The monoisotopic (exact) mass is 291 g/mol. The van der Waals surface area contributed by atoms with Gasteiger partial charge in [0.15, 0.2) is 0 Å². The van der Waals surface area contributed by atoms with Crippen LogP contribution in [0.25, 0.3) is 0 Å². The van der Waals surface area contributed by atoms with Crippen LogP contribution in [0.3, 0.4) is 0 Å². The molecule has 0 saturated carbocycles. The number of nitro groups is 1. The maximum absolute atomic E-state index is 12.0. The van der Waals surface area contributed by atoms with E-state index in [1.165, 1.54) is 30.5 Å². The fourth-order valence-corrected chi connectivity index (χ4v) is 1.71. The van der Waals surface area contributed by atoms with Gasteiger partial charge < -0.3 is 5.32 Å². The number of anilines is 1. The molecular weight excluding hydrogens is 282 g/mol. The Kier molecular flexibility index (Phi) is 3.95. The molecular formula is C13H10ClN3O3. The Balaban J connectivity index is 2.28. The van der Waals surface area contributed by atoms with Crippen LogP contribution in [0, 0.1) is 17.0 Å². The molecule has 0 unspecified atom stereocenters. The highest BCUT2D eigenvalue weighted by Gasteiger charge is 2.16. The third kappa shape index (κ3) is 3.10. The molecule has 0 fully saturated rings. The summed E-state index contributed by atoms with van der Waals surface area (Å²) in [4.78, 5) is 26.2. The zero-order valence-corrected chi connectivity index (χ0v) is 11.2. The number of nitrogens with one attached hydrogen (secondary N) is 1. The molecule has 0 bridgehead atoms. The summed E-state index contributed by atoms with van der Waals surface area (Å²) in [6, 6.07) is 7.54. The summed E-state index contributed by atoms with van der Waals surface area (Å²) >= 11 is 5.63. The zero-order chi connectivity index (χ0) is 14.7. The number of carbonyl (C=O) groups excluding carboxylic acids is 1. The largest absolute Gasteiger partial charge is 0.316 e. The number of halogens is 1. The van der Waals surface area contributed by atoms with E-state index in [0.29, 0.717) is 0 Å². The Morgan fingerprint density at radius 2 is 2.10 bits per heavy atom. The van der Waals surface area contributed by atoms with Crippen LogP contribution in [-0.2, 0) is 0 Å². The third-order valence-electron chi connectivity index (χ3n) is 2.59. The second-order valence-electron chi connectivity index (χ2n) is 4.10. The van der Waals surface area contributed by atoms with Crippen molar-refractivity contribution in [1.82, 2.24) is 4.98 Å². The molecule has 0 aliphatic carbocycles. The summed E-state index contributed by atoms with van der Waals surface area (Å²) in [6.07, 6.45) is 1.30. The summed E-state index contributed by atoms with van der Waals surface area (Å²) in [5, 5.41) is 13.7. The van der Waals surface area contributed by atoms with Gasteiger partial charge >= 0.3 is 0 Å². The predicted octanol–water partition coefficient (Wildman–Crippen LogP) is 3.20. The molecule has 1 amide bonds. The van der Waals surface area contributed by atoms with Crippen molar-refractivity contribution in [2.45, 2.75) is 6.92 Å². The van der Waals surface area contributed by atoms with Crippen LogP contribution in [-0.4, -0.2) is 15.8 Å². The summed E-state index contributed by atoms with van der Waals surface area (Å²) < 4.78 is 0. The molecule has 1 aromatic heterocycles. The number of carbonyl (C=O) groups is 1. The van der Waals surface area contributed by atoms with Gasteiger partial charge in [-0.25, -0.2) is 4.98 Å². The highest BCUT2D eigenvalue weighted by molar-refractivity contribution is 6.29. The van der Waals surface area contributed by atoms with Gasteiger partial charge in [-0.05, 0) is 30.7 Å². The number of nitrogens with zero attached hydrogens (tertiary/aromatic N) is 2. The fraction of sp³-hybridized carbons (Fsp3) is 0.0769. The molecule has 2 aromatic rings. The van der Waals surface area contributed by atoms with E-state index in [4.69, 9.17) is 11.6 Å². The standard InChI is InChI=1S/C13H10ClN3O3/c1-8-2-4-10(11(6-8)17(19)20)16-13(18)9-3-5-12(14)15-7-9/h2-7H,1H3,(H,16,18). The van der Waals surface area contributed by atoms with E-state index in [2.05, 4.69) is 10.3 Å². The highest BCUT2D eigenvalue weighted by atomic mass is 35.5. The second kappa shape index (κ2) is 5.66. The SMILES string of the molecule is Cc1ccc(NC(=O)c2ccc(Cl)nc2)c([N+](=O)[O-])c1. The van der Waals surface area contributed by atoms with E-state index in [0.717, 1.165) is 5.56 Å². The van der Waals surface area contributed by atoms with Crippen molar-refractivity contribution in [3.63, 3.8) is 0 Å². The van der Waals surface area contributed by atoms with Crippen LogP contribution in [0.15, 0.2) is 36.5 Å². The Bertz CT molecular complexity index is 671. The first kappa shape index (κ1) is 14.0. The van der Waals surface area contributed by atoms with Crippen molar-refractivity contribution in [2.75, 3.05) is 5.32 Å². The van der Waals surface area contributed by atoms with Gasteiger partial charge in [-0.15, -0.1) is 0 Å². The minimum absolute atomic E-state index is 0.139. The van der Waals surface area contributed by atoms with Gasteiger partial charge in [0.25, 0.3) is 11.6 Å². The first-order valence-corrected chi connectivity index (χ1v) is 6.03. The molecule has 7 heteroatoms. The predicted molar refractivity (Wildman–Crippen MR) is 75.0 cm³/mol. The lowest BCUT2D eigenvalue weighted by Gasteiger charge is -2.06. The maximum atomic E-state index is 12.0. The number of hydrogen-bond acceptors (Lipinski definition) is 4. The van der Waals surface area contributed by atoms with Crippen LogP contribution < -0.4 is 5.32 Å². The third-order valence-corrected chi connectivity index (χ3v) is 2.81. The Labute approximate surface area is 119 Å². The Hall–Kier alpha value is -2.47. The fourth-order valence-electron chi connectivity index (χ4n) is 1.60. The van der Waals surface area contributed by atoms with Crippen molar-refractivity contribution in [1.29, 1.82) is 0 Å². The molecule has 0 spiro atoms. The van der Waals surface area contributed by atoms with E-state index >= 15 is 0 Å². The number of hydrogen-bond donors (Lipinski definition) is 1. The molecule has 2 rings (SSSR count). The van der Waals surface area contributed by atoms with Gasteiger partial charge in [0.2, 0.25) is 0 Å². The minimum Gasteiger partial charge on any atom is -0.316 e. The quantitative estimate of drug-likeness (QED) is 0.534. The lowest BCUT2D eigenvalue weighted by atomic mass is 10.2. The second-order valence-corrected chi connectivity index (χ2v) is 4.49. The van der Waals surface area contributed by atoms with E-state index in [-0.39, 0.29) is 22.1 Å². The molecule has 1 N–H and O–H groups in total. The molecule has 20 heavy (non-hydrogen) atoms. The molecule has 0 radical (unpaired) electrons. The van der Waals surface area contributed by atoms with Crippen LogP contribution >= 0.6 is 11.6 Å². The van der Waals surface area contributed by atoms with Crippen molar-refractivity contribution >= 4 is 28.9 Å². The normalized spacial score (nSPS) is 10.1. The molecule has 0 atom stereocenters. The van der Waals surface area contributed by atoms with E-state index in [9.17, 15) is 14.9 Å². The average Bonchev–Trinajstić information content (AvgIpc) is 2.41. The number of aromatic nitrogens is 1. The first-order valence-electron chi connectivity index (χ1n) is 5.65. The Morgan fingerprint density at radius 3 is 2.70 bits per heavy atom. The lowest BCUT2D eigenvalue weighted by Crippen LogP contribution is -2.13. The molecule has 102 valence electrons. The number of nitro benzene ring substituents is 1. The van der Waals surface area contributed by atoms with Crippen LogP contribution in [0.1, 0.15) is 15.9 Å². The van der Waals surface area contributed by atoms with Crippen molar-refractivity contribution in [2.24, 2.45) is 0 Å².